The van der Waals surface area contributed by atoms with Crippen molar-refractivity contribution in [3.8, 4) is 0 Å². The highest BCUT2D eigenvalue weighted by molar-refractivity contribution is 7.90. The average molecular weight is 612 g/mol. The number of nitrogens with one attached hydrogen (secondary N) is 1. The Bertz CT molecular complexity index is 1540. The van der Waals surface area contributed by atoms with E-state index in [2.05, 4.69) is 18.6 Å². The van der Waals surface area contributed by atoms with Crippen LogP contribution in [0.1, 0.15) is 6.92 Å². The first kappa shape index (κ1) is 29.5. The third kappa shape index (κ3) is 7.50. The van der Waals surface area contributed by atoms with E-state index < -0.39 is 34.6 Å². The molecule has 2 aliphatic rings. The topological polar surface area (TPSA) is 184 Å². The quantitative estimate of drug-likeness (QED) is 0.483. The van der Waals surface area contributed by atoms with Crippen molar-refractivity contribution in [1.82, 2.24) is 4.90 Å². The van der Waals surface area contributed by atoms with Gasteiger partial charge in [0.15, 0.2) is 0 Å². The zero-order valence-corrected chi connectivity index (χ0v) is 23.5. The molecule has 0 unspecified atom stereocenters. The molecular weight excluding hydrogens is 592 g/mol. The second-order valence-electron chi connectivity index (χ2n) is 7.88. The lowest BCUT2D eigenvalue weighted by molar-refractivity contribution is -0.341. The Kier molecular flexibility index (Phi) is 8.74. The molecule has 202 valence electrons. The molecule has 0 spiro atoms. The molecular formula is C19H20Cl2N5O8PS2-2. The Morgan fingerprint density at radius 2 is 1.57 bits per heavy atom. The molecule has 0 aliphatic carbocycles. The van der Waals surface area contributed by atoms with E-state index in [1.54, 1.807) is 12.1 Å². The molecule has 0 amide bonds. The highest BCUT2D eigenvalue weighted by atomic mass is 35.5. The highest BCUT2D eigenvalue weighted by Crippen LogP contribution is 2.35. The van der Waals surface area contributed by atoms with Crippen molar-refractivity contribution in [2.75, 3.05) is 37.6 Å². The van der Waals surface area contributed by atoms with Gasteiger partial charge in [0.05, 0.1) is 25.7 Å². The predicted octanol–water partition coefficient (Wildman–Crippen LogP) is 1.48. The first-order chi connectivity index (χ1) is 17.0. The summed E-state index contributed by atoms with van der Waals surface area (Å²) in [5.41, 5.74) is 0.650. The third-order valence-electron chi connectivity index (χ3n) is 4.68. The van der Waals surface area contributed by atoms with Gasteiger partial charge in [-0.2, -0.15) is 16.8 Å². The van der Waals surface area contributed by atoms with Crippen LogP contribution in [0, 0.1) is 0 Å². The van der Waals surface area contributed by atoms with Crippen LogP contribution in [0.25, 0.3) is 0 Å². The van der Waals surface area contributed by atoms with Gasteiger partial charge in [0.2, 0.25) is 0 Å². The monoisotopic (exact) mass is 611 g/mol. The van der Waals surface area contributed by atoms with Crippen molar-refractivity contribution in [1.29, 1.82) is 0 Å². The summed E-state index contributed by atoms with van der Waals surface area (Å²) in [7, 11) is -9.07. The lowest BCUT2D eigenvalue weighted by Crippen LogP contribution is -2.36. The van der Waals surface area contributed by atoms with E-state index in [0.717, 1.165) is 4.90 Å². The number of anilines is 2. The summed E-state index contributed by atoms with van der Waals surface area (Å²) in [4.78, 5) is 23.9. The van der Waals surface area contributed by atoms with Gasteiger partial charge < -0.3 is 34.0 Å². The molecule has 0 radical (unpaired) electrons. The molecule has 0 bridgehead atoms. The molecule has 18 heteroatoms. The molecule has 1 N–H and O–H groups in total. The number of sulfonamides is 2. The maximum Gasteiger partial charge on any atom is 0.286 e. The van der Waals surface area contributed by atoms with Gasteiger partial charge in [-0.1, -0.05) is 23.2 Å². The minimum absolute atomic E-state index is 0.0201. The minimum Gasteiger partial charge on any atom is -0.790 e. The maximum absolute atomic E-state index is 11.9. The van der Waals surface area contributed by atoms with E-state index in [0.29, 0.717) is 23.1 Å². The van der Waals surface area contributed by atoms with Crippen LogP contribution in [0.4, 0.5) is 11.4 Å². The molecule has 2 aromatic rings. The number of likely N-dealkylation sites (N-methyl/N-ethyl adjacent to an activating group) is 1. The molecule has 13 nitrogen and oxygen atoms in total. The average Bonchev–Trinajstić information content (AvgIpc) is 2.73. The lowest BCUT2D eigenvalue weighted by Gasteiger charge is -2.34. The number of hydrogen-bond acceptors (Lipinski definition) is 11. The van der Waals surface area contributed by atoms with Crippen LogP contribution < -0.4 is 20.0 Å². The Labute approximate surface area is 223 Å². The van der Waals surface area contributed by atoms with Gasteiger partial charge in [-0.15, -0.1) is 8.80 Å². The van der Waals surface area contributed by atoms with Crippen molar-refractivity contribution in [3.05, 3.63) is 46.4 Å². The largest absolute Gasteiger partial charge is 0.790 e. The molecule has 2 heterocycles. The number of hydrogen-bond donors (Lipinski definition) is 1. The van der Waals surface area contributed by atoms with Crippen molar-refractivity contribution in [2.24, 2.45) is 8.80 Å². The van der Waals surface area contributed by atoms with Crippen molar-refractivity contribution >= 4 is 74.1 Å². The highest BCUT2D eigenvalue weighted by Gasteiger charge is 2.29. The number of phosphoric ester groups is 1. The van der Waals surface area contributed by atoms with E-state index in [1.165, 1.54) is 31.2 Å². The summed E-state index contributed by atoms with van der Waals surface area (Å²) < 4.78 is 69.5. The Morgan fingerprint density at radius 1 is 1.00 bits per heavy atom. The summed E-state index contributed by atoms with van der Waals surface area (Å²) in [6.07, 6.45) is 0. The van der Waals surface area contributed by atoms with E-state index >= 15 is 0 Å². The van der Waals surface area contributed by atoms with Crippen LogP contribution in [0.3, 0.4) is 0 Å². The Hall–Kier alpha value is -2.07. The van der Waals surface area contributed by atoms with Gasteiger partial charge in [0.25, 0.3) is 20.0 Å². The molecule has 0 fully saturated rings. The Morgan fingerprint density at radius 3 is 2.16 bits per heavy atom. The predicted molar refractivity (Wildman–Crippen MR) is 136 cm³/mol. The van der Waals surface area contributed by atoms with E-state index in [9.17, 15) is 31.2 Å². The molecule has 4 rings (SSSR count). The number of benzene rings is 2. The van der Waals surface area contributed by atoms with Crippen LogP contribution in [0.5, 0.6) is 0 Å². The molecule has 37 heavy (non-hydrogen) atoms. The number of fused-ring (bicyclic) bond motifs is 2. The van der Waals surface area contributed by atoms with Crippen LogP contribution >= 0.6 is 31.0 Å². The van der Waals surface area contributed by atoms with Gasteiger partial charge in [0.1, 0.15) is 28.2 Å². The SMILES string of the molecule is CC1=NS(=O)(=O)c2cc(Cl)ccc2N1COP(=O)([O-])[O-].CN(C)CC1=NS(=O)(=O)c2cc(Cl)ccc2N1. The van der Waals surface area contributed by atoms with Gasteiger partial charge >= 0.3 is 0 Å². The fourth-order valence-electron chi connectivity index (χ4n) is 3.21. The zero-order valence-electron chi connectivity index (χ0n) is 19.5. The summed E-state index contributed by atoms with van der Waals surface area (Å²) in [5.74, 6) is 0.387. The number of halogens is 2. The van der Waals surface area contributed by atoms with Crippen molar-refractivity contribution in [3.63, 3.8) is 0 Å². The fraction of sp³-hybridized carbons (Fsp3) is 0.263. The molecule has 0 aromatic heterocycles. The van der Waals surface area contributed by atoms with Crippen LogP contribution in [-0.4, -0.2) is 60.8 Å². The molecule has 0 atom stereocenters. The number of phosphoric acid groups is 1. The molecule has 2 aromatic carbocycles. The number of amidine groups is 2. The van der Waals surface area contributed by atoms with Crippen molar-refractivity contribution < 1.29 is 35.7 Å². The second-order valence-corrected chi connectivity index (χ2v) is 13.0. The molecule has 0 saturated heterocycles. The lowest BCUT2D eigenvalue weighted by atomic mass is 10.3. The fourth-order valence-corrected chi connectivity index (χ4v) is 6.37. The van der Waals surface area contributed by atoms with Crippen LogP contribution in [-0.2, 0) is 29.1 Å². The molecule has 0 saturated carbocycles. The van der Waals surface area contributed by atoms with Gasteiger partial charge in [0, 0.05) is 10.0 Å². The molecule has 2 aliphatic heterocycles. The summed E-state index contributed by atoms with van der Waals surface area (Å²) >= 11 is 11.5. The summed E-state index contributed by atoms with van der Waals surface area (Å²) in [5, 5.41) is 3.54. The first-order valence-corrected chi connectivity index (χ1v) is 15.2. The van der Waals surface area contributed by atoms with Gasteiger partial charge in [-0.3, -0.25) is 0 Å². The van der Waals surface area contributed by atoms with E-state index in [1.807, 2.05) is 19.0 Å². The minimum atomic E-state index is -5.18. The Balaban J connectivity index is 0.000000208. The van der Waals surface area contributed by atoms with Gasteiger partial charge in [-0.05, 0) is 57.4 Å². The summed E-state index contributed by atoms with van der Waals surface area (Å²) in [6.45, 7) is 1.12. The number of nitrogens with zero attached hydrogens (tertiary/aromatic N) is 4. The smallest absolute Gasteiger partial charge is 0.286 e. The van der Waals surface area contributed by atoms with Crippen LogP contribution in [0.15, 0.2) is 55.0 Å². The maximum atomic E-state index is 11.9. The summed E-state index contributed by atoms with van der Waals surface area (Å²) in [6, 6.07) is 8.66. The first-order valence-electron chi connectivity index (χ1n) is 10.1. The van der Waals surface area contributed by atoms with Gasteiger partial charge in [-0.25, -0.2) is 0 Å². The zero-order chi connectivity index (χ0) is 27.8. The second kappa shape index (κ2) is 11.0. The van der Waals surface area contributed by atoms with Crippen LogP contribution in [0.2, 0.25) is 10.0 Å². The van der Waals surface area contributed by atoms with E-state index in [-0.39, 0.29) is 26.3 Å². The standard InChI is InChI=1S/C10H12ClN3O2S.C9H10ClN2O6PS/c1-14(2)6-10-12-8-4-3-7(11)5-9(8)17(15,16)13-10;1-6-11-20(16,17)9-4-7(10)2-3-8(9)12(6)5-18-19(13,14)15/h3-5H,6H2,1-2H3,(H,12,13);2-4H,5H2,1H3,(H2,13,14,15)/p-2. The van der Waals surface area contributed by atoms with Crippen molar-refractivity contribution in [2.45, 2.75) is 16.7 Å². The third-order valence-corrected chi connectivity index (χ3v) is 8.32. The van der Waals surface area contributed by atoms with E-state index in [4.69, 9.17) is 23.2 Å². The number of rotatable bonds is 5. The normalized spacial score (nSPS) is 17.5.